The number of nitrogens with zero attached hydrogens (tertiary/aromatic N) is 2. The van der Waals surface area contributed by atoms with Crippen molar-refractivity contribution in [3.05, 3.63) is 52.7 Å². The van der Waals surface area contributed by atoms with Crippen molar-refractivity contribution in [2.75, 3.05) is 0 Å². The predicted octanol–water partition coefficient (Wildman–Crippen LogP) is 5.30. The van der Waals surface area contributed by atoms with Gasteiger partial charge >= 0.3 is 0 Å². The van der Waals surface area contributed by atoms with E-state index in [0.29, 0.717) is 11.8 Å². The van der Waals surface area contributed by atoms with E-state index in [2.05, 4.69) is 10.2 Å². The average molecular weight is 323 g/mol. The van der Waals surface area contributed by atoms with Crippen LogP contribution in [0.4, 0.5) is 0 Å². The summed E-state index contributed by atoms with van der Waals surface area (Å²) in [6.45, 7) is 2.03. The van der Waals surface area contributed by atoms with Gasteiger partial charge in [-0.15, -0.1) is 33.3 Å². The SMILES string of the molecule is C[C@H](Sc1ccccc1Cl)c1nnc(-c2cccs2)o1. The summed E-state index contributed by atoms with van der Waals surface area (Å²) >= 11 is 9.35. The van der Waals surface area contributed by atoms with Crippen molar-refractivity contribution < 1.29 is 4.42 Å². The molecule has 0 N–H and O–H groups in total. The number of thiophene rings is 1. The van der Waals surface area contributed by atoms with E-state index in [1.54, 1.807) is 23.1 Å². The molecular formula is C14H11ClN2OS2. The Morgan fingerprint density at radius 3 is 2.80 bits per heavy atom. The first kappa shape index (κ1) is 13.7. The molecule has 20 heavy (non-hydrogen) atoms. The van der Waals surface area contributed by atoms with Crippen LogP contribution in [-0.4, -0.2) is 10.2 Å². The van der Waals surface area contributed by atoms with E-state index in [-0.39, 0.29) is 5.25 Å². The maximum absolute atomic E-state index is 6.16. The molecule has 102 valence electrons. The molecule has 0 saturated heterocycles. The van der Waals surface area contributed by atoms with Gasteiger partial charge in [0.25, 0.3) is 5.89 Å². The number of aromatic nitrogens is 2. The lowest BCUT2D eigenvalue weighted by molar-refractivity contribution is 0.510. The molecule has 0 aliphatic heterocycles. The van der Waals surface area contributed by atoms with Crippen molar-refractivity contribution >= 4 is 34.7 Å². The second-order valence-electron chi connectivity index (χ2n) is 4.11. The van der Waals surface area contributed by atoms with Gasteiger partial charge in [0.1, 0.15) is 0 Å². The quantitative estimate of drug-likeness (QED) is 0.610. The Morgan fingerprint density at radius 1 is 1.20 bits per heavy atom. The maximum atomic E-state index is 6.16. The standard InChI is InChI=1S/C14H11ClN2OS2/c1-9(20-11-6-3-2-5-10(11)15)13-16-17-14(18-13)12-7-4-8-19-12/h2-9H,1H3/t9-/m0/s1. The van der Waals surface area contributed by atoms with Crippen molar-refractivity contribution in [2.45, 2.75) is 17.1 Å². The molecule has 0 radical (unpaired) electrons. The zero-order valence-corrected chi connectivity index (χ0v) is 13.0. The Bertz CT molecular complexity index is 697. The van der Waals surface area contributed by atoms with E-state index < -0.39 is 0 Å². The van der Waals surface area contributed by atoms with Gasteiger partial charge < -0.3 is 4.42 Å². The number of benzene rings is 1. The molecule has 0 aliphatic carbocycles. The number of halogens is 1. The lowest BCUT2D eigenvalue weighted by Crippen LogP contribution is -1.88. The fourth-order valence-corrected chi connectivity index (χ4v) is 3.51. The van der Waals surface area contributed by atoms with E-state index >= 15 is 0 Å². The first-order valence-electron chi connectivity index (χ1n) is 6.02. The molecule has 0 amide bonds. The third-order valence-electron chi connectivity index (χ3n) is 2.66. The number of thioether (sulfide) groups is 1. The number of hydrogen-bond acceptors (Lipinski definition) is 5. The van der Waals surface area contributed by atoms with Crippen LogP contribution in [0.15, 0.2) is 51.1 Å². The van der Waals surface area contributed by atoms with Crippen LogP contribution in [-0.2, 0) is 0 Å². The van der Waals surface area contributed by atoms with Crippen LogP contribution in [0, 0.1) is 0 Å². The molecular weight excluding hydrogens is 312 g/mol. The van der Waals surface area contributed by atoms with Crippen LogP contribution in [0.3, 0.4) is 0 Å². The second-order valence-corrected chi connectivity index (χ2v) is 6.85. The zero-order chi connectivity index (χ0) is 13.9. The highest BCUT2D eigenvalue weighted by atomic mass is 35.5. The van der Waals surface area contributed by atoms with E-state index in [9.17, 15) is 0 Å². The Morgan fingerprint density at radius 2 is 2.05 bits per heavy atom. The van der Waals surface area contributed by atoms with E-state index in [1.807, 2.05) is 48.7 Å². The van der Waals surface area contributed by atoms with Crippen molar-refractivity contribution in [3.63, 3.8) is 0 Å². The Labute approximate surface area is 130 Å². The fourth-order valence-electron chi connectivity index (χ4n) is 1.68. The van der Waals surface area contributed by atoms with Crippen LogP contribution in [0.5, 0.6) is 0 Å². The molecule has 0 spiro atoms. The smallest absolute Gasteiger partial charge is 0.257 e. The summed E-state index contributed by atoms with van der Waals surface area (Å²) in [5.41, 5.74) is 0. The fraction of sp³-hybridized carbons (Fsp3) is 0.143. The van der Waals surface area contributed by atoms with Gasteiger partial charge in [-0.1, -0.05) is 29.8 Å². The van der Waals surface area contributed by atoms with Crippen molar-refractivity contribution in [2.24, 2.45) is 0 Å². The van der Waals surface area contributed by atoms with Crippen LogP contribution in [0.25, 0.3) is 10.8 Å². The summed E-state index contributed by atoms with van der Waals surface area (Å²) < 4.78 is 5.73. The molecule has 0 fully saturated rings. The summed E-state index contributed by atoms with van der Waals surface area (Å²) in [7, 11) is 0. The topological polar surface area (TPSA) is 38.9 Å². The minimum atomic E-state index is 0.0520. The van der Waals surface area contributed by atoms with E-state index in [0.717, 1.165) is 14.8 Å². The van der Waals surface area contributed by atoms with Gasteiger partial charge in [0.05, 0.1) is 15.1 Å². The van der Waals surface area contributed by atoms with E-state index in [4.69, 9.17) is 16.0 Å². The Hall–Kier alpha value is -1.30. The molecule has 1 atom stereocenters. The normalized spacial score (nSPS) is 12.5. The van der Waals surface area contributed by atoms with Crippen LogP contribution in [0.2, 0.25) is 5.02 Å². The molecule has 0 saturated carbocycles. The monoisotopic (exact) mass is 322 g/mol. The van der Waals surface area contributed by atoms with Crippen LogP contribution >= 0.6 is 34.7 Å². The lowest BCUT2D eigenvalue weighted by Gasteiger charge is -2.07. The maximum Gasteiger partial charge on any atom is 0.257 e. The molecule has 3 rings (SSSR count). The minimum absolute atomic E-state index is 0.0520. The van der Waals surface area contributed by atoms with Gasteiger partial charge in [-0.05, 0) is 30.5 Å². The Balaban J connectivity index is 1.78. The first-order chi connectivity index (χ1) is 9.74. The first-order valence-corrected chi connectivity index (χ1v) is 8.16. The lowest BCUT2D eigenvalue weighted by atomic mass is 10.4. The third kappa shape index (κ3) is 2.90. The second kappa shape index (κ2) is 5.99. The van der Waals surface area contributed by atoms with Crippen molar-refractivity contribution in [3.8, 4) is 10.8 Å². The van der Waals surface area contributed by atoms with Crippen LogP contribution in [0.1, 0.15) is 18.1 Å². The highest BCUT2D eigenvalue weighted by Crippen LogP contribution is 2.38. The van der Waals surface area contributed by atoms with E-state index in [1.165, 1.54) is 0 Å². The summed E-state index contributed by atoms with van der Waals surface area (Å²) in [6, 6.07) is 11.7. The molecule has 3 nitrogen and oxygen atoms in total. The van der Waals surface area contributed by atoms with Gasteiger partial charge in [0.15, 0.2) is 0 Å². The summed E-state index contributed by atoms with van der Waals surface area (Å²) in [6.07, 6.45) is 0. The summed E-state index contributed by atoms with van der Waals surface area (Å²) in [5, 5.41) is 11.0. The van der Waals surface area contributed by atoms with Crippen LogP contribution < -0.4 is 0 Å². The van der Waals surface area contributed by atoms with Gasteiger partial charge in [-0.25, -0.2) is 0 Å². The average Bonchev–Trinajstić information content (AvgIpc) is 3.11. The molecule has 1 aromatic carbocycles. The molecule has 0 bridgehead atoms. The molecule has 0 unspecified atom stereocenters. The van der Waals surface area contributed by atoms with Crippen molar-refractivity contribution in [1.29, 1.82) is 0 Å². The molecule has 3 aromatic rings. The minimum Gasteiger partial charge on any atom is -0.419 e. The number of rotatable bonds is 4. The van der Waals surface area contributed by atoms with Crippen molar-refractivity contribution in [1.82, 2.24) is 10.2 Å². The van der Waals surface area contributed by atoms with Gasteiger partial charge in [0.2, 0.25) is 5.89 Å². The molecule has 2 aromatic heterocycles. The molecule has 6 heteroatoms. The van der Waals surface area contributed by atoms with Gasteiger partial charge in [-0.3, -0.25) is 0 Å². The Kier molecular flexibility index (Phi) is 4.10. The highest BCUT2D eigenvalue weighted by Gasteiger charge is 2.17. The third-order valence-corrected chi connectivity index (χ3v) is 5.13. The van der Waals surface area contributed by atoms with Gasteiger partial charge in [0, 0.05) is 4.90 Å². The predicted molar refractivity (Wildman–Crippen MR) is 83.3 cm³/mol. The molecule has 2 heterocycles. The zero-order valence-electron chi connectivity index (χ0n) is 10.6. The largest absolute Gasteiger partial charge is 0.419 e. The summed E-state index contributed by atoms with van der Waals surface area (Å²) in [5.74, 6) is 1.18. The van der Waals surface area contributed by atoms with Gasteiger partial charge in [-0.2, -0.15) is 0 Å². The molecule has 0 aliphatic rings. The highest BCUT2D eigenvalue weighted by molar-refractivity contribution is 7.99. The summed E-state index contributed by atoms with van der Waals surface area (Å²) in [4.78, 5) is 2.00. The number of hydrogen-bond donors (Lipinski definition) is 0.